The first-order valence-electron chi connectivity index (χ1n) is 7.32. The van der Waals surface area contributed by atoms with E-state index in [4.69, 9.17) is 4.74 Å². The lowest BCUT2D eigenvalue weighted by atomic mass is 10.1. The number of hydrogen-bond acceptors (Lipinski definition) is 4. The number of rotatable bonds is 5. The number of phenolic OH excluding ortho intramolecular Hbond substituents is 1. The summed E-state index contributed by atoms with van der Waals surface area (Å²) in [5, 5.41) is 12.2. The van der Waals surface area contributed by atoms with Crippen LogP contribution in [0.25, 0.3) is 0 Å². The topological polar surface area (TPSA) is 75.6 Å². The van der Waals surface area contributed by atoms with Crippen molar-refractivity contribution in [3.05, 3.63) is 65.7 Å². The molecule has 0 aliphatic rings. The Bertz CT molecular complexity index is 684. The molecule has 5 nitrogen and oxygen atoms in total. The van der Waals surface area contributed by atoms with Crippen LogP contribution in [0.1, 0.15) is 35.8 Å². The second-order valence-corrected chi connectivity index (χ2v) is 5.24. The van der Waals surface area contributed by atoms with E-state index in [1.54, 1.807) is 0 Å². The van der Waals surface area contributed by atoms with Gasteiger partial charge in [0.05, 0.1) is 11.6 Å². The molecule has 0 heterocycles. The smallest absolute Gasteiger partial charge is 0.339 e. The first-order chi connectivity index (χ1) is 11.0. The van der Waals surface area contributed by atoms with Crippen LogP contribution in [0.5, 0.6) is 5.75 Å². The molecule has 2 N–H and O–H groups in total. The van der Waals surface area contributed by atoms with E-state index in [-0.39, 0.29) is 23.3 Å². The summed E-state index contributed by atoms with van der Waals surface area (Å²) >= 11 is 0. The first kappa shape index (κ1) is 16.5. The maximum absolute atomic E-state index is 12.1. The minimum Gasteiger partial charge on any atom is -0.508 e. The Hall–Kier alpha value is -2.82. The zero-order chi connectivity index (χ0) is 16.8. The Morgan fingerprint density at radius 3 is 2.39 bits per heavy atom. The molecule has 2 unspecified atom stereocenters. The average Bonchev–Trinajstić information content (AvgIpc) is 2.55. The third kappa shape index (κ3) is 4.57. The summed E-state index contributed by atoms with van der Waals surface area (Å²) in [7, 11) is 0. The van der Waals surface area contributed by atoms with Crippen molar-refractivity contribution >= 4 is 11.9 Å². The summed E-state index contributed by atoms with van der Waals surface area (Å²) in [5.41, 5.74) is 1.16. The molecule has 0 radical (unpaired) electrons. The van der Waals surface area contributed by atoms with E-state index in [0.29, 0.717) is 0 Å². The van der Waals surface area contributed by atoms with Gasteiger partial charge in [-0.2, -0.15) is 0 Å². The normalized spacial score (nSPS) is 13.0. The number of carbonyl (C=O) groups is 2. The maximum Gasteiger partial charge on any atom is 0.339 e. The number of nitrogens with one attached hydrogen (secondary N) is 1. The third-order valence-electron chi connectivity index (χ3n) is 3.39. The molecule has 0 bridgehead atoms. The lowest BCUT2D eigenvalue weighted by Gasteiger charge is -2.18. The summed E-state index contributed by atoms with van der Waals surface area (Å²) in [6, 6.07) is 15.1. The number of ether oxygens (including phenoxy) is 1. The molecule has 0 saturated heterocycles. The molecule has 120 valence electrons. The number of hydrogen-bond donors (Lipinski definition) is 2. The molecule has 23 heavy (non-hydrogen) atoms. The van der Waals surface area contributed by atoms with Gasteiger partial charge in [0.2, 0.25) is 0 Å². The quantitative estimate of drug-likeness (QED) is 0.832. The highest BCUT2D eigenvalue weighted by Crippen LogP contribution is 2.14. The highest BCUT2D eigenvalue weighted by atomic mass is 16.5. The van der Waals surface area contributed by atoms with Crippen LogP contribution in [0.15, 0.2) is 54.6 Å². The van der Waals surface area contributed by atoms with E-state index < -0.39 is 12.1 Å². The summed E-state index contributed by atoms with van der Waals surface area (Å²) in [4.78, 5) is 24.1. The van der Waals surface area contributed by atoms with Crippen molar-refractivity contribution in [3.8, 4) is 5.75 Å². The fourth-order valence-electron chi connectivity index (χ4n) is 2.07. The molecule has 2 aromatic carbocycles. The van der Waals surface area contributed by atoms with Gasteiger partial charge in [-0.25, -0.2) is 4.79 Å². The van der Waals surface area contributed by atoms with Crippen molar-refractivity contribution in [2.24, 2.45) is 0 Å². The Balaban J connectivity index is 1.93. The number of esters is 1. The summed E-state index contributed by atoms with van der Waals surface area (Å²) in [5.74, 6) is -1.07. The van der Waals surface area contributed by atoms with Crippen molar-refractivity contribution in [1.82, 2.24) is 5.32 Å². The van der Waals surface area contributed by atoms with Crippen LogP contribution in [0.3, 0.4) is 0 Å². The molecule has 2 atom stereocenters. The van der Waals surface area contributed by atoms with E-state index in [2.05, 4.69) is 5.32 Å². The number of aromatic hydroxyl groups is 1. The summed E-state index contributed by atoms with van der Waals surface area (Å²) < 4.78 is 5.13. The van der Waals surface area contributed by atoms with Crippen molar-refractivity contribution in [1.29, 1.82) is 0 Å². The monoisotopic (exact) mass is 313 g/mol. The van der Waals surface area contributed by atoms with Gasteiger partial charge in [0, 0.05) is 0 Å². The SMILES string of the molecule is CC(OC(=O)c1cccc(O)c1)C(=O)NC(C)c1ccccc1. The van der Waals surface area contributed by atoms with Gasteiger partial charge in [0.15, 0.2) is 6.10 Å². The molecule has 0 spiro atoms. The minimum absolute atomic E-state index is 0.0331. The molecule has 0 aliphatic carbocycles. The Morgan fingerprint density at radius 1 is 1.04 bits per heavy atom. The molecule has 2 aromatic rings. The minimum atomic E-state index is -0.934. The van der Waals surface area contributed by atoms with Crippen LogP contribution >= 0.6 is 0 Å². The highest BCUT2D eigenvalue weighted by Gasteiger charge is 2.20. The fourth-order valence-corrected chi connectivity index (χ4v) is 2.07. The zero-order valence-electron chi connectivity index (χ0n) is 13.0. The third-order valence-corrected chi connectivity index (χ3v) is 3.39. The molecule has 0 aliphatic heterocycles. The van der Waals surface area contributed by atoms with Gasteiger partial charge in [-0.1, -0.05) is 36.4 Å². The molecule has 1 amide bonds. The van der Waals surface area contributed by atoms with Crippen LogP contribution < -0.4 is 5.32 Å². The van der Waals surface area contributed by atoms with Gasteiger partial charge in [-0.15, -0.1) is 0 Å². The number of amides is 1. The lowest BCUT2D eigenvalue weighted by Crippen LogP contribution is -2.37. The Labute approximate surface area is 134 Å². The zero-order valence-corrected chi connectivity index (χ0v) is 13.0. The van der Waals surface area contributed by atoms with Crippen LogP contribution in [0.2, 0.25) is 0 Å². The second-order valence-electron chi connectivity index (χ2n) is 5.24. The number of carbonyl (C=O) groups excluding carboxylic acids is 2. The van der Waals surface area contributed by atoms with Crippen LogP contribution in [-0.2, 0) is 9.53 Å². The van der Waals surface area contributed by atoms with Gasteiger partial charge >= 0.3 is 5.97 Å². The van der Waals surface area contributed by atoms with Gasteiger partial charge in [-0.05, 0) is 37.6 Å². The van der Waals surface area contributed by atoms with Crippen LogP contribution in [0, 0.1) is 0 Å². The average molecular weight is 313 g/mol. The fraction of sp³-hybridized carbons (Fsp3) is 0.222. The van der Waals surface area contributed by atoms with Crippen molar-refractivity contribution in [2.45, 2.75) is 26.0 Å². The summed E-state index contributed by atoms with van der Waals surface area (Å²) in [6.45, 7) is 3.37. The van der Waals surface area contributed by atoms with E-state index in [9.17, 15) is 14.7 Å². The predicted octanol–water partition coefficient (Wildman–Crippen LogP) is 2.81. The molecular weight excluding hydrogens is 294 g/mol. The van der Waals surface area contributed by atoms with Crippen LogP contribution in [-0.4, -0.2) is 23.1 Å². The molecule has 2 rings (SSSR count). The largest absolute Gasteiger partial charge is 0.508 e. The van der Waals surface area contributed by atoms with Crippen molar-refractivity contribution < 1.29 is 19.4 Å². The molecular formula is C18H19NO4. The van der Waals surface area contributed by atoms with Gasteiger partial charge < -0.3 is 15.2 Å². The van der Waals surface area contributed by atoms with Gasteiger partial charge in [0.1, 0.15) is 5.75 Å². The van der Waals surface area contributed by atoms with Crippen molar-refractivity contribution in [2.75, 3.05) is 0 Å². The molecule has 0 saturated carbocycles. The Morgan fingerprint density at radius 2 is 1.74 bits per heavy atom. The van der Waals surface area contributed by atoms with Crippen molar-refractivity contribution in [3.63, 3.8) is 0 Å². The predicted molar refractivity (Wildman–Crippen MR) is 86.0 cm³/mol. The molecule has 5 heteroatoms. The number of phenols is 1. The van der Waals surface area contributed by atoms with Gasteiger partial charge in [-0.3, -0.25) is 4.79 Å². The highest BCUT2D eigenvalue weighted by molar-refractivity contribution is 5.92. The second kappa shape index (κ2) is 7.45. The maximum atomic E-state index is 12.1. The summed E-state index contributed by atoms with van der Waals surface area (Å²) in [6.07, 6.45) is -0.934. The lowest BCUT2D eigenvalue weighted by molar-refractivity contribution is -0.129. The first-order valence-corrected chi connectivity index (χ1v) is 7.32. The van der Waals surface area contributed by atoms with E-state index >= 15 is 0 Å². The van der Waals surface area contributed by atoms with Gasteiger partial charge in [0.25, 0.3) is 5.91 Å². The standard InChI is InChI=1S/C18H19NO4/c1-12(14-7-4-3-5-8-14)19-17(21)13(2)23-18(22)15-9-6-10-16(20)11-15/h3-13,20H,1-2H3,(H,19,21). The molecule has 0 aromatic heterocycles. The Kier molecular flexibility index (Phi) is 5.36. The number of benzene rings is 2. The van der Waals surface area contributed by atoms with E-state index in [0.717, 1.165) is 5.56 Å². The van der Waals surface area contributed by atoms with E-state index in [1.165, 1.54) is 31.2 Å². The molecule has 0 fully saturated rings. The van der Waals surface area contributed by atoms with Crippen LogP contribution in [0.4, 0.5) is 0 Å². The van der Waals surface area contributed by atoms with E-state index in [1.807, 2.05) is 37.3 Å².